The van der Waals surface area contributed by atoms with Gasteiger partial charge in [0.25, 0.3) is 5.91 Å². The third-order valence-corrected chi connectivity index (χ3v) is 4.01. The highest BCUT2D eigenvalue weighted by molar-refractivity contribution is 7.09. The van der Waals surface area contributed by atoms with Gasteiger partial charge in [0, 0.05) is 11.8 Å². The summed E-state index contributed by atoms with van der Waals surface area (Å²) in [4.78, 5) is 16.4. The van der Waals surface area contributed by atoms with Crippen LogP contribution in [-0.2, 0) is 6.42 Å². The Morgan fingerprint density at radius 1 is 1.43 bits per heavy atom. The van der Waals surface area contributed by atoms with E-state index in [1.54, 1.807) is 12.5 Å². The molecule has 1 unspecified atom stereocenters. The number of rotatable bonds is 6. The first-order valence-electron chi connectivity index (χ1n) is 6.73. The molecule has 0 saturated heterocycles. The zero-order valence-corrected chi connectivity index (χ0v) is 12.9. The number of hydrogen-bond donors (Lipinski definition) is 2. The number of nitrogens with one attached hydrogen (secondary N) is 1. The van der Waals surface area contributed by atoms with Crippen LogP contribution in [0.15, 0.2) is 29.6 Å². The van der Waals surface area contributed by atoms with Gasteiger partial charge < -0.3 is 15.8 Å². The van der Waals surface area contributed by atoms with Crippen LogP contribution >= 0.6 is 11.3 Å². The predicted molar refractivity (Wildman–Crippen MR) is 83.7 cm³/mol. The number of aromatic nitrogens is 1. The molecule has 0 bridgehead atoms. The number of nitrogens with two attached hydrogens (primary N) is 1. The summed E-state index contributed by atoms with van der Waals surface area (Å²) in [6.45, 7) is 2.48. The van der Waals surface area contributed by atoms with E-state index in [1.807, 2.05) is 31.2 Å². The topological polar surface area (TPSA) is 77.2 Å². The molecule has 5 nitrogen and oxygen atoms in total. The SMILES string of the molecule is COc1ccc(C(C)NC(=O)c2csc(CCN)n2)cc1. The number of thiazole rings is 1. The van der Waals surface area contributed by atoms with Crippen molar-refractivity contribution < 1.29 is 9.53 Å². The molecule has 0 aliphatic heterocycles. The Morgan fingerprint density at radius 3 is 2.76 bits per heavy atom. The summed E-state index contributed by atoms with van der Waals surface area (Å²) in [6.07, 6.45) is 0.700. The molecule has 2 aromatic rings. The molecule has 112 valence electrons. The molecule has 1 amide bonds. The van der Waals surface area contributed by atoms with Crippen LogP contribution in [0.3, 0.4) is 0 Å². The van der Waals surface area contributed by atoms with Crippen molar-refractivity contribution in [2.45, 2.75) is 19.4 Å². The molecule has 1 aromatic carbocycles. The fourth-order valence-electron chi connectivity index (χ4n) is 1.90. The third-order valence-electron chi connectivity index (χ3n) is 3.11. The molecule has 0 radical (unpaired) electrons. The van der Waals surface area contributed by atoms with E-state index in [4.69, 9.17) is 10.5 Å². The van der Waals surface area contributed by atoms with Crippen LogP contribution in [0.2, 0.25) is 0 Å². The van der Waals surface area contributed by atoms with E-state index in [-0.39, 0.29) is 11.9 Å². The molecule has 1 atom stereocenters. The molecule has 0 aliphatic rings. The fourth-order valence-corrected chi connectivity index (χ4v) is 2.69. The highest BCUT2D eigenvalue weighted by Gasteiger charge is 2.14. The summed E-state index contributed by atoms with van der Waals surface area (Å²) in [7, 11) is 1.63. The van der Waals surface area contributed by atoms with Gasteiger partial charge in [-0.1, -0.05) is 12.1 Å². The van der Waals surface area contributed by atoms with E-state index in [2.05, 4.69) is 10.3 Å². The second kappa shape index (κ2) is 7.19. The molecule has 3 N–H and O–H groups in total. The summed E-state index contributed by atoms with van der Waals surface area (Å²) >= 11 is 1.46. The van der Waals surface area contributed by atoms with E-state index < -0.39 is 0 Å². The molecule has 2 rings (SSSR count). The minimum absolute atomic E-state index is 0.0944. The molecule has 21 heavy (non-hydrogen) atoms. The largest absolute Gasteiger partial charge is 0.497 e. The predicted octanol–water partition coefficient (Wildman–Crippen LogP) is 2.14. The number of ether oxygens (including phenoxy) is 1. The highest BCUT2D eigenvalue weighted by Crippen LogP contribution is 2.18. The summed E-state index contributed by atoms with van der Waals surface area (Å²) in [6, 6.07) is 7.53. The number of benzene rings is 1. The molecule has 0 saturated carbocycles. The summed E-state index contributed by atoms with van der Waals surface area (Å²) in [5, 5.41) is 5.59. The number of carbonyl (C=O) groups excluding carboxylic acids is 1. The average Bonchev–Trinajstić information content (AvgIpc) is 2.96. The summed E-state index contributed by atoms with van der Waals surface area (Å²) < 4.78 is 5.12. The maximum absolute atomic E-state index is 12.1. The van der Waals surface area contributed by atoms with Crippen molar-refractivity contribution in [2.75, 3.05) is 13.7 Å². The summed E-state index contributed by atoms with van der Waals surface area (Å²) in [5.74, 6) is 0.626. The number of nitrogens with zero attached hydrogens (tertiary/aromatic N) is 1. The molecule has 0 aliphatic carbocycles. The molecule has 1 aromatic heterocycles. The lowest BCUT2D eigenvalue weighted by Crippen LogP contribution is -2.26. The Morgan fingerprint density at radius 2 is 2.14 bits per heavy atom. The Hall–Kier alpha value is -1.92. The fraction of sp³-hybridized carbons (Fsp3) is 0.333. The number of carbonyl (C=O) groups is 1. The summed E-state index contributed by atoms with van der Waals surface area (Å²) in [5.41, 5.74) is 6.95. The van der Waals surface area contributed by atoms with Crippen LogP contribution in [0.25, 0.3) is 0 Å². The number of hydrogen-bond acceptors (Lipinski definition) is 5. The van der Waals surface area contributed by atoms with Gasteiger partial charge in [-0.25, -0.2) is 4.98 Å². The molecule has 1 heterocycles. The second-order valence-corrected chi connectivity index (χ2v) is 5.58. The Bertz CT molecular complexity index is 595. The molecular formula is C15H19N3O2S. The first-order chi connectivity index (χ1) is 10.1. The van der Waals surface area contributed by atoms with Crippen molar-refractivity contribution in [3.63, 3.8) is 0 Å². The monoisotopic (exact) mass is 305 g/mol. The van der Waals surface area contributed by atoms with Gasteiger partial charge in [0.15, 0.2) is 0 Å². The van der Waals surface area contributed by atoms with Gasteiger partial charge >= 0.3 is 0 Å². The van der Waals surface area contributed by atoms with Crippen LogP contribution < -0.4 is 15.8 Å². The average molecular weight is 305 g/mol. The quantitative estimate of drug-likeness (QED) is 0.857. The van der Waals surface area contributed by atoms with Crippen molar-refractivity contribution in [3.8, 4) is 5.75 Å². The Labute approximate surface area is 128 Å². The highest BCUT2D eigenvalue weighted by atomic mass is 32.1. The van der Waals surface area contributed by atoms with Gasteiger partial charge in [-0.3, -0.25) is 4.79 Å². The van der Waals surface area contributed by atoms with Crippen LogP contribution in [0, 0.1) is 0 Å². The van der Waals surface area contributed by atoms with Gasteiger partial charge in [0.1, 0.15) is 11.4 Å². The minimum Gasteiger partial charge on any atom is -0.497 e. The van der Waals surface area contributed by atoms with Gasteiger partial charge in [-0.15, -0.1) is 11.3 Å². The van der Waals surface area contributed by atoms with Crippen molar-refractivity contribution in [2.24, 2.45) is 5.73 Å². The Kier molecular flexibility index (Phi) is 5.30. The van der Waals surface area contributed by atoms with Crippen LogP contribution in [0.1, 0.15) is 34.0 Å². The normalized spacial score (nSPS) is 12.0. The number of amides is 1. The van der Waals surface area contributed by atoms with Crippen molar-refractivity contribution in [1.29, 1.82) is 0 Å². The smallest absolute Gasteiger partial charge is 0.271 e. The zero-order valence-electron chi connectivity index (χ0n) is 12.1. The van der Waals surface area contributed by atoms with Crippen LogP contribution in [0.4, 0.5) is 0 Å². The molecular weight excluding hydrogens is 286 g/mol. The molecule has 0 fully saturated rings. The third kappa shape index (κ3) is 4.03. The standard InChI is InChI=1S/C15H19N3O2S/c1-10(11-3-5-12(20-2)6-4-11)17-15(19)13-9-21-14(18-13)7-8-16/h3-6,9-10H,7-8,16H2,1-2H3,(H,17,19). The van der Waals surface area contributed by atoms with E-state index in [0.29, 0.717) is 18.7 Å². The van der Waals surface area contributed by atoms with E-state index in [0.717, 1.165) is 16.3 Å². The van der Waals surface area contributed by atoms with Crippen LogP contribution in [-0.4, -0.2) is 24.5 Å². The van der Waals surface area contributed by atoms with Gasteiger partial charge in [0.2, 0.25) is 0 Å². The Balaban J connectivity index is 1.99. The van der Waals surface area contributed by atoms with Crippen molar-refractivity contribution in [3.05, 3.63) is 45.9 Å². The van der Waals surface area contributed by atoms with E-state index in [1.165, 1.54) is 11.3 Å². The molecule has 0 spiro atoms. The van der Waals surface area contributed by atoms with Crippen LogP contribution in [0.5, 0.6) is 5.75 Å². The zero-order chi connectivity index (χ0) is 15.2. The van der Waals surface area contributed by atoms with E-state index in [9.17, 15) is 4.79 Å². The lowest BCUT2D eigenvalue weighted by atomic mass is 10.1. The molecule has 6 heteroatoms. The second-order valence-electron chi connectivity index (χ2n) is 4.63. The number of methoxy groups -OCH3 is 1. The van der Waals surface area contributed by atoms with Gasteiger partial charge in [-0.2, -0.15) is 0 Å². The first-order valence-corrected chi connectivity index (χ1v) is 7.61. The minimum atomic E-state index is -0.169. The van der Waals surface area contributed by atoms with Crippen molar-refractivity contribution in [1.82, 2.24) is 10.3 Å². The van der Waals surface area contributed by atoms with Gasteiger partial charge in [0.05, 0.1) is 18.2 Å². The lowest BCUT2D eigenvalue weighted by Gasteiger charge is -2.13. The van der Waals surface area contributed by atoms with E-state index >= 15 is 0 Å². The lowest BCUT2D eigenvalue weighted by molar-refractivity contribution is 0.0935. The maximum Gasteiger partial charge on any atom is 0.271 e. The maximum atomic E-state index is 12.1. The first kappa shape index (κ1) is 15.5. The van der Waals surface area contributed by atoms with Gasteiger partial charge in [-0.05, 0) is 31.2 Å². The van der Waals surface area contributed by atoms with Crippen molar-refractivity contribution >= 4 is 17.2 Å².